The summed E-state index contributed by atoms with van der Waals surface area (Å²) in [7, 11) is 1.49. The van der Waals surface area contributed by atoms with Gasteiger partial charge in [-0.05, 0) is 25.0 Å². The Hall–Kier alpha value is -3.39. The van der Waals surface area contributed by atoms with Crippen LogP contribution < -0.4 is 0 Å². The summed E-state index contributed by atoms with van der Waals surface area (Å²) < 4.78 is 32.6. The van der Waals surface area contributed by atoms with Crippen molar-refractivity contribution in [1.29, 1.82) is 0 Å². The quantitative estimate of drug-likeness (QED) is 0.411. The predicted molar refractivity (Wildman–Crippen MR) is 129 cm³/mol. The van der Waals surface area contributed by atoms with Gasteiger partial charge in [-0.2, -0.15) is 0 Å². The third kappa shape index (κ3) is 5.27. The second-order valence-electron chi connectivity index (χ2n) is 9.64. The largest absolute Gasteiger partial charge is 0.465 e. The van der Waals surface area contributed by atoms with Gasteiger partial charge in [0.2, 0.25) is 0 Å². The maximum absolute atomic E-state index is 13.7. The topological polar surface area (TPSA) is 156 Å². The van der Waals surface area contributed by atoms with Gasteiger partial charge in [-0.3, -0.25) is 0 Å². The van der Waals surface area contributed by atoms with Gasteiger partial charge in [-0.15, -0.1) is 5.10 Å². The van der Waals surface area contributed by atoms with E-state index in [0.717, 1.165) is 0 Å². The van der Waals surface area contributed by atoms with Crippen LogP contribution in [-0.4, -0.2) is 97.7 Å². The summed E-state index contributed by atoms with van der Waals surface area (Å²) in [5, 5.41) is 42.6. The van der Waals surface area contributed by atoms with Crippen molar-refractivity contribution in [2.75, 3.05) is 26.8 Å². The van der Waals surface area contributed by atoms with E-state index in [9.17, 15) is 19.4 Å². The number of amides is 1. The molecule has 3 N–H and O–H groups in total. The number of methoxy groups -OCH3 is 1. The number of aliphatic hydroxyl groups excluding tert-OH is 2. The third-order valence-electron chi connectivity index (χ3n) is 7.33. The SMILES string of the molecule is CO[C@@H]1[C@@H](n2cc(-c3cccc(F)c3)nn2)[C@@H](O)[C@@H](CO)O[C@@H]1Cc1cc(C2CCN(C(=O)O)CC2)on1. The zero-order valence-corrected chi connectivity index (χ0v) is 20.8. The monoisotopic (exact) mass is 531 g/mol. The summed E-state index contributed by atoms with van der Waals surface area (Å²) in [4.78, 5) is 12.6. The van der Waals surface area contributed by atoms with Crippen molar-refractivity contribution in [3.63, 3.8) is 0 Å². The molecule has 13 heteroatoms. The lowest BCUT2D eigenvalue weighted by atomic mass is 9.90. The molecule has 0 radical (unpaired) electrons. The number of ether oxygens (including phenoxy) is 2. The molecule has 2 aliphatic rings. The summed E-state index contributed by atoms with van der Waals surface area (Å²) >= 11 is 0. The van der Waals surface area contributed by atoms with Crippen LogP contribution in [0.4, 0.5) is 9.18 Å². The molecule has 0 spiro atoms. The van der Waals surface area contributed by atoms with Crippen molar-refractivity contribution >= 4 is 6.09 Å². The molecule has 204 valence electrons. The summed E-state index contributed by atoms with van der Waals surface area (Å²) in [5.41, 5.74) is 1.56. The lowest BCUT2D eigenvalue weighted by Crippen LogP contribution is -2.57. The molecule has 2 saturated heterocycles. The molecule has 4 heterocycles. The van der Waals surface area contributed by atoms with Gasteiger partial charge >= 0.3 is 6.09 Å². The molecule has 5 atom stereocenters. The van der Waals surface area contributed by atoms with E-state index in [4.69, 9.17) is 19.1 Å². The van der Waals surface area contributed by atoms with Gasteiger partial charge in [0.15, 0.2) is 0 Å². The first-order valence-corrected chi connectivity index (χ1v) is 12.5. The smallest absolute Gasteiger partial charge is 0.407 e. The Bertz CT molecular complexity index is 1240. The summed E-state index contributed by atoms with van der Waals surface area (Å²) in [6, 6.07) is 7.04. The molecular weight excluding hydrogens is 501 g/mol. The zero-order valence-electron chi connectivity index (χ0n) is 20.8. The zero-order chi connectivity index (χ0) is 26.8. The van der Waals surface area contributed by atoms with E-state index in [1.54, 1.807) is 18.3 Å². The number of hydrogen-bond donors (Lipinski definition) is 3. The lowest BCUT2D eigenvalue weighted by Gasteiger charge is -2.43. The van der Waals surface area contributed by atoms with Crippen LogP contribution >= 0.6 is 0 Å². The van der Waals surface area contributed by atoms with Gasteiger partial charge in [0.1, 0.15) is 41.6 Å². The van der Waals surface area contributed by atoms with Crippen molar-refractivity contribution in [3.05, 3.63) is 53.8 Å². The second-order valence-corrected chi connectivity index (χ2v) is 9.64. The minimum absolute atomic E-state index is 0.0634. The van der Waals surface area contributed by atoms with Crippen LogP contribution in [0.2, 0.25) is 0 Å². The van der Waals surface area contributed by atoms with E-state index in [1.165, 1.54) is 28.8 Å². The molecule has 2 aromatic heterocycles. The number of likely N-dealkylation sites (tertiary alicyclic amines) is 1. The average molecular weight is 532 g/mol. The fraction of sp³-hybridized carbons (Fsp3) is 0.520. The van der Waals surface area contributed by atoms with Crippen molar-refractivity contribution in [2.45, 2.75) is 55.6 Å². The van der Waals surface area contributed by atoms with Crippen molar-refractivity contribution in [3.8, 4) is 11.3 Å². The molecule has 5 rings (SSSR count). The molecule has 2 aliphatic heterocycles. The average Bonchev–Trinajstić information content (AvgIpc) is 3.59. The summed E-state index contributed by atoms with van der Waals surface area (Å²) in [6.45, 7) is 0.434. The number of benzene rings is 1. The number of hydrogen-bond acceptors (Lipinski definition) is 9. The first kappa shape index (κ1) is 26.2. The van der Waals surface area contributed by atoms with Crippen molar-refractivity contribution in [1.82, 2.24) is 25.1 Å². The van der Waals surface area contributed by atoms with E-state index in [2.05, 4.69) is 15.5 Å². The van der Waals surface area contributed by atoms with Gasteiger partial charge in [-0.25, -0.2) is 13.9 Å². The number of carboxylic acid groups (broad SMARTS) is 1. The minimum Gasteiger partial charge on any atom is -0.465 e. The Balaban J connectivity index is 1.34. The standard InChI is InChI=1S/C25H30FN5O7/c1-36-24-20(11-17-10-19(38-28-17)14-5-7-30(8-6-14)25(34)35)37-21(13-32)23(33)22(24)31-12-18(27-29-31)15-3-2-4-16(26)9-15/h2-4,9-10,12,14,20-24,32-33H,5-8,11,13H2,1H3,(H,34,35)/t20-,21-,22+,23+,24+/m1/s1. The molecule has 0 saturated carbocycles. The van der Waals surface area contributed by atoms with Crippen molar-refractivity contribution in [2.24, 2.45) is 0 Å². The number of rotatable bonds is 7. The van der Waals surface area contributed by atoms with E-state index < -0.39 is 49.0 Å². The number of piperidine rings is 1. The number of aromatic nitrogens is 4. The number of halogens is 1. The maximum Gasteiger partial charge on any atom is 0.407 e. The highest BCUT2D eigenvalue weighted by Gasteiger charge is 2.47. The van der Waals surface area contributed by atoms with Gasteiger partial charge in [0.25, 0.3) is 0 Å². The van der Waals surface area contributed by atoms with Gasteiger partial charge in [0.05, 0.1) is 24.6 Å². The van der Waals surface area contributed by atoms with E-state index in [0.29, 0.717) is 48.6 Å². The van der Waals surface area contributed by atoms with E-state index in [1.807, 2.05) is 6.07 Å². The number of nitrogens with zero attached hydrogens (tertiary/aromatic N) is 5. The Labute approximate surface area is 217 Å². The first-order chi connectivity index (χ1) is 18.4. The van der Waals surface area contributed by atoms with Crippen LogP contribution in [-0.2, 0) is 15.9 Å². The maximum atomic E-state index is 13.7. The molecule has 0 aliphatic carbocycles. The molecule has 12 nitrogen and oxygen atoms in total. The Kier molecular flexibility index (Phi) is 7.70. The van der Waals surface area contributed by atoms with Crippen LogP contribution in [0.3, 0.4) is 0 Å². The lowest BCUT2D eigenvalue weighted by molar-refractivity contribution is -0.212. The van der Waals surface area contributed by atoms with Crippen molar-refractivity contribution < 1.29 is 38.5 Å². The van der Waals surface area contributed by atoms with Crippen LogP contribution in [0.15, 0.2) is 41.1 Å². The van der Waals surface area contributed by atoms with E-state index in [-0.39, 0.29) is 12.3 Å². The van der Waals surface area contributed by atoms with E-state index >= 15 is 0 Å². The molecule has 0 bridgehead atoms. The van der Waals surface area contributed by atoms with Gasteiger partial charge in [0, 0.05) is 44.2 Å². The molecular formula is C25H30FN5O7. The summed E-state index contributed by atoms with van der Waals surface area (Å²) in [6.07, 6.45) is -1.13. The Morgan fingerprint density at radius 1 is 1.24 bits per heavy atom. The van der Waals surface area contributed by atoms with Crippen LogP contribution in [0.5, 0.6) is 0 Å². The van der Waals surface area contributed by atoms with Gasteiger partial charge in [-0.1, -0.05) is 22.5 Å². The molecule has 1 amide bonds. The third-order valence-corrected chi connectivity index (χ3v) is 7.33. The highest BCUT2D eigenvalue weighted by Crippen LogP contribution is 2.35. The summed E-state index contributed by atoms with van der Waals surface area (Å²) in [5.74, 6) is 0.340. The normalized spacial score (nSPS) is 26.5. The van der Waals surface area contributed by atoms with Crippen LogP contribution in [0, 0.1) is 5.82 Å². The van der Waals surface area contributed by atoms with Crippen LogP contribution in [0.1, 0.15) is 36.3 Å². The fourth-order valence-electron chi connectivity index (χ4n) is 5.31. The fourth-order valence-corrected chi connectivity index (χ4v) is 5.31. The van der Waals surface area contributed by atoms with Crippen LogP contribution in [0.25, 0.3) is 11.3 Å². The first-order valence-electron chi connectivity index (χ1n) is 12.5. The Morgan fingerprint density at radius 2 is 2.03 bits per heavy atom. The Morgan fingerprint density at radius 3 is 2.71 bits per heavy atom. The predicted octanol–water partition coefficient (Wildman–Crippen LogP) is 1.85. The highest BCUT2D eigenvalue weighted by atomic mass is 19.1. The number of carbonyl (C=O) groups is 1. The molecule has 38 heavy (non-hydrogen) atoms. The molecule has 2 fully saturated rings. The second kappa shape index (κ2) is 11.2. The molecule has 1 aromatic carbocycles. The molecule has 0 unspecified atom stereocenters. The highest BCUT2D eigenvalue weighted by molar-refractivity contribution is 5.65. The van der Waals surface area contributed by atoms with Gasteiger partial charge < -0.3 is 34.2 Å². The molecule has 3 aromatic rings. The minimum atomic E-state index is -1.16. The number of aliphatic hydroxyl groups is 2.